The fraction of sp³-hybridized carbons (Fsp3) is 0.375. The Hall–Kier alpha value is -2.93. The van der Waals surface area contributed by atoms with E-state index < -0.39 is 11.4 Å². The van der Waals surface area contributed by atoms with Gasteiger partial charge in [-0.3, -0.25) is 0 Å². The highest BCUT2D eigenvalue weighted by atomic mass is 35.5. The normalized spacial score (nSPS) is 16.8. The summed E-state index contributed by atoms with van der Waals surface area (Å²) >= 11 is 5.91. The summed E-state index contributed by atoms with van der Waals surface area (Å²) < 4.78 is 20.0. The number of carbonyl (C=O) groups is 1. The lowest BCUT2D eigenvalue weighted by Crippen LogP contribution is -2.42. The number of nitrogens with one attached hydrogen (secondary N) is 1. The fourth-order valence-corrected chi connectivity index (χ4v) is 4.07. The SMILES string of the molecule is CC(C)(C)OC(=O)N1CCCC(c2ccc3ncnc(Nc4cccc(Cl)c4F)c3c2)C1. The van der Waals surface area contributed by atoms with Gasteiger partial charge in [0.2, 0.25) is 0 Å². The van der Waals surface area contributed by atoms with Crippen LogP contribution in [0, 0.1) is 5.82 Å². The van der Waals surface area contributed by atoms with E-state index in [-0.39, 0.29) is 22.7 Å². The van der Waals surface area contributed by atoms with E-state index in [4.69, 9.17) is 16.3 Å². The molecule has 1 aliphatic rings. The van der Waals surface area contributed by atoms with Gasteiger partial charge >= 0.3 is 6.09 Å². The number of piperidine rings is 1. The zero-order chi connectivity index (χ0) is 22.9. The van der Waals surface area contributed by atoms with E-state index >= 15 is 0 Å². The second-order valence-corrected chi connectivity index (χ2v) is 9.40. The van der Waals surface area contributed by atoms with Gasteiger partial charge in [0.15, 0.2) is 5.82 Å². The Morgan fingerprint density at radius 1 is 1.25 bits per heavy atom. The summed E-state index contributed by atoms with van der Waals surface area (Å²) in [5, 5.41) is 3.86. The second kappa shape index (κ2) is 8.90. The topological polar surface area (TPSA) is 67.3 Å². The van der Waals surface area contributed by atoms with Crippen LogP contribution in [0.4, 0.5) is 20.7 Å². The van der Waals surface area contributed by atoms with Gasteiger partial charge in [-0.25, -0.2) is 19.2 Å². The van der Waals surface area contributed by atoms with Crippen LogP contribution in [-0.2, 0) is 4.74 Å². The molecule has 8 heteroatoms. The van der Waals surface area contributed by atoms with Crippen molar-refractivity contribution in [2.24, 2.45) is 0 Å². The zero-order valence-corrected chi connectivity index (χ0v) is 19.1. The van der Waals surface area contributed by atoms with Gasteiger partial charge in [0.1, 0.15) is 17.7 Å². The van der Waals surface area contributed by atoms with Crippen LogP contribution in [0.3, 0.4) is 0 Å². The Morgan fingerprint density at radius 2 is 2.06 bits per heavy atom. The number of rotatable bonds is 3. The van der Waals surface area contributed by atoms with Gasteiger partial charge < -0.3 is 15.0 Å². The number of ether oxygens (including phenoxy) is 1. The highest BCUT2D eigenvalue weighted by Gasteiger charge is 2.28. The lowest BCUT2D eigenvalue weighted by Gasteiger charge is -2.34. The Balaban J connectivity index is 1.61. The molecule has 6 nitrogen and oxygen atoms in total. The molecule has 1 saturated heterocycles. The number of halogens is 2. The van der Waals surface area contributed by atoms with Gasteiger partial charge in [0.25, 0.3) is 0 Å². The number of anilines is 2. The van der Waals surface area contributed by atoms with E-state index in [1.165, 1.54) is 12.4 Å². The summed E-state index contributed by atoms with van der Waals surface area (Å²) in [6.07, 6.45) is 3.01. The summed E-state index contributed by atoms with van der Waals surface area (Å²) in [5.41, 5.74) is 1.54. The van der Waals surface area contributed by atoms with Gasteiger partial charge in [-0.2, -0.15) is 0 Å². The highest BCUT2D eigenvalue weighted by molar-refractivity contribution is 6.31. The minimum atomic E-state index is -0.530. The third-order valence-electron chi connectivity index (χ3n) is 5.41. The molecular weight excluding hydrogens is 431 g/mol. The average Bonchev–Trinajstić information content (AvgIpc) is 2.76. The molecule has 0 saturated carbocycles. The molecule has 0 radical (unpaired) electrons. The summed E-state index contributed by atoms with van der Waals surface area (Å²) in [4.78, 5) is 23.0. The lowest BCUT2D eigenvalue weighted by atomic mass is 9.90. The zero-order valence-electron chi connectivity index (χ0n) is 18.4. The van der Waals surface area contributed by atoms with E-state index in [1.807, 2.05) is 39.0 Å². The van der Waals surface area contributed by atoms with Gasteiger partial charge in [-0.15, -0.1) is 0 Å². The van der Waals surface area contributed by atoms with Crippen molar-refractivity contribution in [1.29, 1.82) is 0 Å². The number of amides is 1. The summed E-state index contributed by atoms with van der Waals surface area (Å²) in [6, 6.07) is 10.8. The van der Waals surface area contributed by atoms with Crippen LogP contribution in [0.15, 0.2) is 42.7 Å². The van der Waals surface area contributed by atoms with Crippen molar-refractivity contribution in [1.82, 2.24) is 14.9 Å². The first-order valence-electron chi connectivity index (χ1n) is 10.6. The minimum absolute atomic E-state index is 0.0403. The van der Waals surface area contributed by atoms with Crippen LogP contribution in [-0.4, -0.2) is 39.7 Å². The first-order valence-corrected chi connectivity index (χ1v) is 11.0. The smallest absolute Gasteiger partial charge is 0.410 e. The molecule has 32 heavy (non-hydrogen) atoms. The monoisotopic (exact) mass is 456 g/mol. The third kappa shape index (κ3) is 4.93. The molecule has 168 valence electrons. The molecule has 3 aromatic rings. The quantitative estimate of drug-likeness (QED) is 0.502. The van der Waals surface area contributed by atoms with Crippen molar-refractivity contribution in [3.8, 4) is 0 Å². The van der Waals surface area contributed by atoms with Gasteiger partial charge in [-0.05, 0) is 63.4 Å². The van der Waals surface area contributed by atoms with E-state index in [1.54, 1.807) is 17.0 Å². The molecule has 4 rings (SSSR count). The number of carbonyl (C=O) groups excluding carboxylic acids is 1. The molecule has 1 amide bonds. The molecule has 1 unspecified atom stereocenters. The number of fused-ring (bicyclic) bond motifs is 1. The molecule has 1 aliphatic heterocycles. The number of benzene rings is 2. The van der Waals surface area contributed by atoms with Crippen molar-refractivity contribution in [3.05, 3.63) is 59.1 Å². The third-order valence-corrected chi connectivity index (χ3v) is 5.70. The second-order valence-electron chi connectivity index (χ2n) is 8.99. The molecule has 1 atom stereocenters. The van der Waals surface area contributed by atoms with Crippen LogP contribution < -0.4 is 5.32 Å². The van der Waals surface area contributed by atoms with Crippen molar-refractivity contribution in [2.75, 3.05) is 18.4 Å². The predicted octanol–water partition coefficient (Wildman–Crippen LogP) is 6.28. The van der Waals surface area contributed by atoms with Crippen LogP contribution in [0.2, 0.25) is 5.02 Å². The summed E-state index contributed by atoms with van der Waals surface area (Å²) in [5.74, 6) is 0.131. The molecular formula is C24H26ClFN4O2. The molecule has 1 fully saturated rings. The van der Waals surface area contributed by atoms with Gasteiger partial charge in [0, 0.05) is 24.4 Å². The first-order chi connectivity index (χ1) is 15.2. The molecule has 0 bridgehead atoms. The first kappa shape index (κ1) is 22.3. The number of hydrogen-bond acceptors (Lipinski definition) is 5. The van der Waals surface area contributed by atoms with Crippen LogP contribution in [0.25, 0.3) is 10.9 Å². The van der Waals surface area contributed by atoms with Gasteiger partial charge in [0.05, 0.1) is 16.2 Å². The lowest BCUT2D eigenvalue weighted by molar-refractivity contribution is 0.0198. The molecule has 0 spiro atoms. The Bertz CT molecular complexity index is 1150. The molecule has 1 aromatic heterocycles. The Morgan fingerprint density at radius 3 is 2.84 bits per heavy atom. The van der Waals surface area contributed by atoms with Crippen LogP contribution in [0.5, 0.6) is 0 Å². The number of nitrogens with zero attached hydrogens (tertiary/aromatic N) is 3. The average molecular weight is 457 g/mol. The minimum Gasteiger partial charge on any atom is -0.444 e. The van der Waals surface area contributed by atoms with Crippen LogP contribution >= 0.6 is 11.6 Å². The Kier molecular flexibility index (Phi) is 6.20. The van der Waals surface area contributed by atoms with Gasteiger partial charge in [-0.1, -0.05) is 23.7 Å². The number of aromatic nitrogens is 2. The summed E-state index contributed by atoms with van der Waals surface area (Å²) in [7, 11) is 0. The fourth-order valence-electron chi connectivity index (χ4n) is 3.90. The van der Waals surface area contributed by atoms with Crippen molar-refractivity contribution < 1.29 is 13.9 Å². The maximum atomic E-state index is 14.4. The highest BCUT2D eigenvalue weighted by Crippen LogP contribution is 2.33. The Labute approximate surface area is 191 Å². The molecule has 0 aliphatic carbocycles. The largest absolute Gasteiger partial charge is 0.444 e. The van der Waals surface area contributed by atoms with E-state index in [9.17, 15) is 9.18 Å². The van der Waals surface area contributed by atoms with Crippen molar-refractivity contribution in [3.63, 3.8) is 0 Å². The number of hydrogen-bond donors (Lipinski definition) is 1. The summed E-state index contributed by atoms with van der Waals surface area (Å²) in [6.45, 7) is 6.87. The van der Waals surface area contributed by atoms with Crippen molar-refractivity contribution >= 4 is 40.1 Å². The predicted molar refractivity (Wildman–Crippen MR) is 124 cm³/mol. The number of likely N-dealkylation sites (tertiary alicyclic amines) is 1. The van der Waals surface area contributed by atoms with E-state index in [0.29, 0.717) is 18.9 Å². The van der Waals surface area contributed by atoms with Crippen LogP contribution in [0.1, 0.15) is 45.1 Å². The van der Waals surface area contributed by atoms with E-state index in [0.717, 1.165) is 29.3 Å². The molecule has 2 aromatic carbocycles. The van der Waals surface area contributed by atoms with Crippen molar-refractivity contribution in [2.45, 2.75) is 45.1 Å². The molecule has 1 N–H and O–H groups in total. The van der Waals surface area contributed by atoms with E-state index in [2.05, 4.69) is 15.3 Å². The maximum Gasteiger partial charge on any atom is 0.410 e. The standard InChI is InChI=1S/C24H26ClFN4O2/c1-24(2,3)32-23(31)30-11-5-6-16(13-30)15-9-10-19-17(12-15)22(28-14-27-19)29-20-8-4-7-18(25)21(20)26/h4,7-10,12,14,16H,5-6,11,13H2,1-3H3,(H,27,28,29). The maximum absolute atomic E-state index is 14.4. The molecule has 2 heterocycles.